The molecule has 0 saturated heterocycles. The zero-order valence-corrected chi connectivity index (χ0v) is 9.27. The first kappa shape index (κ1) is 10.0. The van der Waals surface area contributed by atoms with Gasteiger partial charge in [-0.1, -0.05) is 6.92 Å². The van der Waals surface area contributed by atoms with Crippen LogP contribution in [0.5, 0.6) is 0 Å². The molecule has 88 valence electrons. The van der Waals surface area contributed by atoms with Crippen LogP contribution in [-0.2, 0) is 4.79 Å². The maximum absolute atomic E-state index is 11.6. The van der Waals surface area contributed by atoms with E-state index in [0.717, 1.165) is 6.42 Å². The number of aromatic amines is 1. The minimum absolute atomic E-state index is 0.00350. The molecule has 7 heteroatoms. The van der Waals surface area contributed by atoms with Gasteiger partial charge in [0.1, 0.15) is 11.8 Å². The molecule has 2 aromatic heterocycles. The molecule has 0 spiro atoms. The summed E-state index contributed by atoms with van der Waals surface area (Å²) in [5.41, 5.74) is 6.68. The Balaban J connectivity index is 1.72. The number of anilines is 1. The van der Waals surface area contributed by atoms with Gasteiger partial charge in [0, 0.05) is 5.92 Å². The van der Waals surface area contributed by atoms with Crippen LogP contribution in [-0.4, -0.2) is 25.8 Å². The van der Waals surface area contributed by atoms with Crippen LogP contribution in [0.1, 0.15) is 13.3 Å². The SMILES string of the molecule is CC1CC1C(=O)NNc1ncnc2nc[nH]c12. The van der Waals surface area contributed by atoms with E-state index in [1.165, 1.54) is 12.7 Å². The van der Waals surface area contributed by atoms with Crippen molar-refractivity contribution in [1.82, 2.24) is 25.4 Å². The second kappa shape index (κ2) is 3.69. The van der Waals surface area contributed by atoms with Crippen LogP contribution in [0.2, 0.25) is 0 Å². The fourth-order valence-corrected chi connectivity index (χ4v) is 1.76. The van der Waals surface area contributed by atoms with Crippen molar-refractivity contribution in [1.29, 1.82) is 0 Å². The van der Waals surface area contributed by atoms with E-state index < -0.39 is 0 Å². The van der Waals surface area contributed by atoms with Crippen molar-refractivity contribution in [2.45, 2.75) is 13.3 Å². The number of nitrogens with zero attached hydrogens (tertiary/aromatic N) is 3. The van der Waals surface area contributed by atoms with E-state index in [1.54, 1.807) is 0 Å². The van der Waals surface area contributed by atoms with Gasteiger partial charge >= 0.3 is 0 Å². The van der Waals surface area contributed by atoms with E-state index in [-0.39, 0.29) is 11.8 Å². The second-order valence-electron chi connectivity index (χ2n) is 4.26. The number of imidazole rings is 1. The van der Waals surface area contributed by atoms with Gasteiger partial charge in [0.15, 0.2) is 11.5 Å². The summed E-state index contributed by atoms with van der Waals surface area (Å²) in [4.78, 5) is 26.6. The molecular formula is C10H12N6O. The Kier molecular flexibility index (Phi) is 2.17. The van der Waals surface area contributed by atoms with Gasteiger partial charge in [0.05, 0.1) is 6.33 Å². The topological polar surface area (TPSA) is 95.6 Å². The summed E-state index contributed by atoms with van der Waals surface area (Å²) in [5.74, 6) is 1.13. The fourth-order valence-electron chi connectivity index (χ4n) is 1.76. The Morgan fingerprint density at radius 2 is 2.29 bits per heavy atom. The number of carbonyl (C=O) groups excluding carboxylic acids is 1. The highest BCUT2D eigenvalue weighted by Gasteiger charge is 2.39. The van der Waals surface area contributed by atoms with Crippen molar-refractivity contribution in [2.75, 3.05) is 5.43 Å². The van der Waals surface area contributed by atoms with Crippen LogP contribution in [0.3, 0.4) is 0 Å². The Morgan fingerprint density at radius 1 is 1.47 bits per heavy atom. The first-order valence-electron chi connectivity index (χ1n) is 5.45. The van der Waals surface area contributed by atoms with Crippen molar-refractivity contribution in [3.8, 4) is 0 Å². The monoisotopic (exact) mass is 232 g/mol. The predicted molar refractivity (Wildman–Crippen MR) is 60.7 cm³/mol. The highest BCUT2D eigenvalue weighted by molar-refractivity contribution is 5.86. The van der Waals surface area contributed by atoms with Crippen molar-refractivity contribution < 1.29 is 4.79 Å². The molecule has 1 aliphatic carbocycles. The molecule has 2 heterocycles. The van der Waals surface area contributed by atoms with Gasteiger partial charge in [-0.3, -0.25) is 15.6 Å². The molecule has 1 saturated carbocycles. The van der Waals surface area contributed by atoms with Gasteiger partial charge in [0.25, 0.3) is 0 Å². The minimum atomic E-state index is 0.00350. The zero-order valence-electron chi connectivity index (χ0n) is 9.27. The van der Waals surface area contributed by atoms with Crippen LogP contribution in [0.25, 0.3) is 11.2 Å². The van der Waals surface area contributed by atoms with Gasteiger partial charge < -0.3 is 4.98 Å². The number of hydrazine groups is 1. The third-order valence-electron chi connectivity index (χ3n) is 2.97. The molecular weight excluding hydrogens is 220 g/mol. The largest absolute Gasteiger partial charge is 0.340 e. The Morgan fingerprint density at radius 3 is 3.06 bits per heavy atom. The number of fused-ring (bicyclic) bond motifs is 1. The van der Waals surface area contributed by atoms with E-state index in [0.29, 0.717) is 22.9 Å². The van der Waals surface area contributed by atoms with E-state index in [9.17, 15) is 4.79 Å². The zero-order chi connectivity index (χ0) is 11.8. The van der Waals surface area contributed by atoms with Crippen molar-refractivity contribution in [3.05, 3.63) is 12.7 Å². The maximum atomic E-state index is 11.6. The van der Waals surface area contributed by atoms with Gasteiger partial charge in [0.2, 0.25) is 5.91 Å². The van der Waals surface area contributed by atoms with Crippen LogP contribution >= 0.6 is 0 Å². The molecule has 17 heavy (non-hydrogen) atoms. The maximum Gasteiger partial charge on any atom is 0.241 e. The molecule has 3 N–H and O–H groups in total. The smallest absolute Gasteiger partial charge is 0.241 e. The molecule has 2 unspecified atom stereocenters. The summed E-state index contributed by atoms with van der Waals surface area (Å²) in [5, 5.41) is 0. The van der Waals surface area contributed by atoms with Crippen molar-refractivity contribution in [3.63, 3.8) is 0 Å². The first-order chi connectivity index (χ1) is 8.25. The number of rotatable bonds is 3. The molecule has 0 aliphatic heterocycles. The molecule has 3 rings (SSSR count). The molecule has 2 atom stereocenters. The molecule has 1 aliphatic rings. The van der Waals surface area contributed by atoms with E-state index in [2.05, 4.69) is 37.7 Å². The fraction of sp³-hybridized carbons (Fsp3) is 0.400. The number of nitrogens with one attached hydrogen (secondary N) is 3. The number of hydrogen-bond donors (Lipinski definition) is 3. The molecule has 7 nitrogen and oxygen atoms in total. The highest BCUT2D eigenvalue weighted by atomic mass is 16.2. The van der Waals surface area contributed by atoms with Crippen molar-refractivity contribution in [2.24, 2.45) is 11.8 Å². The first-order valence-corrected chi connectivity index (χ1v) is 5.45. The summed E-state index contributed by atoms with van der Waals surface area (Å²) in [7, 11) is 0. The summed E-state index contributed by atoms with van der Waals surface area (Å²) >= 11 is 0. The molecule has 0 radical (unpaired) electrons. The second-order valence-corrected chi connectivity index (χ2v) is 4.26. The minimum Gasteiger partial charge on any atom is -0.340 e. The molecule has 1 fully saturated rings. The lowest BCUT2D eigenvalue weighted by Crippen LogP contribution is -2.31. The van der Waals surface area contributed by atoms with E-state index in [1.807, 2.05) is 0 Å². The summed E-state index contributed by atoms with van der Waals surface area (Å²) < 4.78 is 0. The van der Waals surface area contributed by atoms with Gasteiger partial charge in [-0.25, -0.2) is 15.0 Å². The molecule has 0 aromatic carbocycles. The number of H-pyrrole nitrogens is 1. The van der Waals surface area contributed by atoms with Gasteiger partial charge in [-0.2, -0.15) is 0 Å². The van der Waals surface area contributed by atoms with Crippen molar-refractivity contribution >= 4 is 22.9 Å². The predicted octanol–water partition coefficient (Wildman–Crippen LogP) is 0.452. The van der Waals surface area contributed by atoms with Crippen LogP contribution < -0.4 is 10.9 Å². The van der Waals surface area contributed by atoms with Crippen LogP contribution in [0.4, 0.5) is 5.82 Å². The number of aromatic nitrogens is 4. The van der Waals surface area contributed by atoms with Gasteiger partial charge in [-0.05, 0) is 12.3 Å². The van der Waals surface area contributed by atoms with E-state index in [4.69, 9.17) is 0 Å². The Labute approximate surface area is 97.0 Å². The number of hydrogen-bond acceptors (Lipinski definition) is 5. The molecule has 0 bridgehead atoms. The third kappa shape index (κ3) is 1.79. The van der Waals surface area contributed by atoms with Crippen LogP contribution in [0, 0.1) is 11.8 Å². The highest BCUT2D eigenvalue weighted by Crippen LogP contribution is 2.37. The Hall–Kier alpha value is -2.18. The normalized spacial score (nSPS) is 22.4. The van der Waals surface area contributed by atoms with E-state index >= 15 is 0 Å². The van der Waals surface area contributed by atoms with Crippen LogP contribution in [0.15, 0.2) is 12.7 Å². The summed E-state index contributed by atoms with van der Waals surface area (Å²) in [6.07, 6.45) is 3.89. The van der Waals surface area contributed by atoms with Gasteiger partial charge in [-0.15, -0.1) is 0 Å². The average Bonchev–Trinajstić information content (AvgIpc) is 2.88. The summed E-state index contributed by atoms with van der Waals surface area (Å²) in [6, 6.07) is 0. The molecule has 1 amide bonds. The number of amides is 1. The lowest BCUT2D eigenvalue weighted by molar-refractivity contribution is -0.122. The average molecular weight is 232 g/mol. The third-order valence-corrected chi connectivity index (χ3v) is 2.97. The quantitative estimate of drug-likeness (QED) is 0.668. The standard InChI is InChI=1S/C10H12N6O/c1-5-2-6(5)10(17)16-15-9-7-8(12-3-11-7)13-4-14-9/h3-6H,2H2,1H3,(H,16,17)(H2,11,12,13,14,15). The number of carbonyl (C=O) groups is 1. The Bertz CT molecular complexity index is 565. The lowest BCUT2D eigenvalue weighted by Gasteiger charge is -2.07. The lowest BCUT2D eigenvalue weighted by atomic mass is 10.3. The molecule has 2 aromatic rings. The summed E-state index contributed by atoms with van der Waals surface area (Å²) in [6.45, 7) is 2.06.